The second-order valence-electron chi connectivity index (χ2n) is 6.56. The van der Waals surface area contributed by atoms with E-state index in [1.54, 1.807) is 0 Å². The number of hydrogen-bond acceptors (Lipinski definition) is 3. The SMILES string of the molecule is CC(C)[Si](O[C@@H]1COC(O)[C@H]1C)(C(C)C)C(C)C. The molecule has 0 radical (unpaired) electrons. The second kappa shape index (κ2) is 6.03. The molecule has 1 aliphatic heterocycles. The lowest BCUT2D eigenvalue weighted by atomic mass is 10.1. The zero-order valence-electron chi connectivity index (χ0n) is 12.9. The van der Waals surface area contributed by atoms with Gasteiger partial charge in [-0.05, 0) is 16.6 Å². The van der Waals surface area contributed by atoms with Gasteiger partial charge in [0, 0.05) is 5.92 Å². The summed E-state index contributed by atoms with van der Waals surface area (Å²) >= 11 is 0. The minimum absolute atomic E-state index is 0.0545. The summed E-state index contributed by atoms with van der Waals surface area (Å²) in [4.78, 5) is 0. The minimum atomic E-state index is -1.86. The van der Waals surface area contributed by atoms with Crippen molar-refractivity contribution in [3.63, 3.8) is 0 Å². The summed E-state index contributed by atoms with van der Waals surface area (Å²) in [5, 5.41) is 9.69. The molecule has 0 aliphatic carbocycles. The summed E-state index contributed by atoms with van der Waals surface area (Å²) in [6, 6.07) is 0. The predicted molar refractivity (Wildman–Crippen MR) is 77.0 cm³/mol. The van der Waals surface area contributed by atoms with E-state index in [-0.39, 0.29) is 12.0 Å². The van der Waals surface area contributed by atoms with Crippen molar-refractivity contribution in [3.05, 3.63) is 0 Å². The number of rotatable bonds is 5. The van der Waals surface area contributed by atoms with Crippen molar-refractivity contribution in [2.24, 2.45) is 5.92 Å². The highest BCUT2D eigenvalue weighted by Crippen LogP contribution is 2.44. The van der Waals surface area contributed by atoms with Crippen molar-refractivity contribution in [2.75, 3.05) is 6.61 Å². The van der Waals surface area contributed by atoms with Gasteiger partial charge in [0.1, 0.15) is 0 Å². The van der Waals surface area contributed by atoms with Crippen LogP contribution in [0, 0.1) is 5.92 Å². The lowest BCUT2D eigenvalue weighted by Crippen LogP contribution is -2.51. The Bertz CT molecular complexity index is 244. The van der Waals surface area contributed by atoms with E-state index in [0.717, 1.165) is 0 Å². The van der Waals surface area contributed by atoms with Crippen LogP contribution >= 0.6 is 0 Å². The molecule has 0 aromatic rings. The summed E-state index contributed by atoms with van der Waals surface area (Å²) in [6.07, 6.45) is -0.605. The molecule has 0 spiro atoms. The van der Waals surface area contributed by atoms with Crippen molar-refractivity contribution in [2.45, 2.75) is 77.5 Å². The van der Waals surface area contributed by atoms with Crippen LogP contribution < -0.4 is 0 Å². The highest BCUT2D eigenvalue weighted by Gasteiger charge is 2.49. The van der Waals surface area contributed by atoms with Gasteiger partial charge in [-0.3, -0.25) is 0 Å². The van der Waals surface area contributed by atoms with E-state index >= 15 is 0 Å². The summed E-state index contributed by atoms with van der Waals surface area (Å²) < 4.78 is 11.9. The first-order valence-electron chi connectivity index (χ1n) is 7.20. The molecular formula is C14H30O3Si. The van der Waals surface area contributed by atoms with E-state index in [0.29, 0.717) is 23.2 Å². The average Bonchev–Trinajstić information content (AvgIpc) is 2.55. The molecule has 18 heavy (non-hydrogen) atoms. The second-order valence-corrected chi connectivity index (χ2v) is 12.0. The molecule has 1 rings (SSSR count). The van der Waals surface area contributed by atoms with E-state index < -0.39 is 14.6 Å². The Morgan fingerprint density at radius 1 is 1.06 bits per heavy atom. The van der Waals surface area contributed by atoms with Crippen LogP contribution in [-0.2, 0) is 9.16 Å². The van der Waals surface area contributed by atoms with Gasteiger partial charge in [-0.2, -0.15) is 0 Å². The summed E-state index contributed by atoms with van der Waals surface area (Å²) in [5.41, 5.74) is 1.72. The van der Waals surface area contributed by atoms with Crippen molar-refractivity contribution in [3.8, 4) is 0 Å². The van der Waals surface area contributed by atoms with E-state index in [9.17, 15) is 5.11 Å². The topological polar surface area (TPSA) is 38.7 Å². The number of aliphatic hydroxyl groups is 1. The zero-order chi connectivity index (χ0) is 14.1. The Labute approximate surface area is 113 Å². The number of aliphatic hydroxyl groups excluding tert-OH is 1. The highest BCUT2D eigenvalue weighted by atomic mass is 28.4. The van der Waals surface area contributed by atoms with Crippen LogP contribution in [0.5, 0.6) is 0 Å². The van der Waals surface area contributed by atoms with Gasteiger partial charge in [-0.15, -0.1) is 0 Å². The summed E-state index contributed by atoms with van der Waals surface area (Å²) in [5.74, 6) is 0.0770. The van der Waals surface area contributed by atoms with Crippen LogP contribution in [0.25, 0.3) is 0 Å². The predicted octanol–water partition coefficient (Wildman–Crippen LogP) is 3.53. The van der Waals surface area contributed by atoms with Crippen LogP contribution in [0.2, 0.25) is 16.6 Å². The molecule has 1 N–H and O–H groups in total. The van der Waals surface area contributed by atoms with Gasteiger partial charge in [0.2, 0.25) is 8.32 Å². The maximum absolute atomic E-state index is 9.69. The molecule has 4 heteroatoms. The van der Waals surface area contributed by atoms with E-state index in [1.807, 2.05) is 6.92 Å². The Morgan fingerprint density at radius 3 is 1.78 bits per heavy atom. The van der Waals surface area contributed by atoms with Gasteiger partial charge in [-0.1, -0.05) is 48.5 Å². The Kier molecular flexibility index (Phi) is 5.41. The van der Waals surface area contributed by atoms with Crippen molar-refractivity contribution in [1.29, 1.82) is 0 Å². The van der Waals surface area contributed by atoms with Gasteiger partial charge in [0.05, 0.1) is 12.7 Å². The van der Waals surface area contributed by atoms with Crippen LogP contribution in [0.15, 0.2) is 0 Å². The maximum Gasteiger partial charge on any atom is 0.200 e. The molecule has 0 aromatic carbocycles. The average molecular weight is 274 g/mol. The van der Waals surface area contributed by atoms with Gasteiger partial charge in [-0.25, -0.2) is 0 Å². The van der Waals surface area contributed by atoms with Gasteiger partial charge in [0.15, 0.2) is 6.29 Å². The summed E-state index contributed by atoms with van der Waals surface area (Å²) in [6.45, 7) is 16.2. The first-order chi connectivity index (χ1) is 8.23. The van der Waals surface area contributed by atoms with E-state index in [2.05, 4.69) is 41.5 Å². The molecule has 0 bridgehead atoms. The van der Waals surface area contributed by atoms with Crippen molar-refractivity contribution in [1.82, 2.24) is 0 Å². The molecule has 0 saturated carbocycles. The lowest BCUT2D eigenvalue weighted by Gasteiger charge is -2.44. The molecule has 3 nitrogen and oxygen atoms in total. The molecule has 1 aliphatic rings. The molecular weight excluding hydrogens is 244 g/mol. The van der Waals surface area contributed by atoms with Gasteiger partial charge < -0.3 is 14.3 Å². The smallest absolute Gasteiger partial charge is 0.200 e. The molecule has 1 saturated heterocycles. The van der Waals surface area contributed by atoms with Crippen LogP contribution in [0.3, 0.4) is 0 Å². The Balaban J connectivity index is 2.92. The largest absolute Gasteiger partial charge is 0.410 e. The minimum Gasteiger partial charge on any atom is -0.410 e. The number of ether oxygens (including phenoxy) is 1. The van der Waals surface area contributed by atoms with Gasteiger partial charge >= 0.3 is 0 Å². The third-order valence-electron chi connectivity index (χ3n) is 4.53. The Hall–Kier alpha value is 0.0969. The van der Waals surface area contributed by atoms with Crippen LogP contribution in [0.1, 0.15) is 48.5 Å². The Morgan fingerprint density at radius 2 is 1.50 bits per heavy atom. The highest BCUT2D eigenvalue weighted by molar-refractivity contribution is 6.77. The molecule has 108 valence electrons. The first-order valence-corrected chi connectivity index (χ1v) is 9.35. The van der Waals surface area contributed by atoms with Crippen LogP contribution in [0.4, 0.5) is 0 Å². The van der Waals surface area contributed by atoms with Crippen molar-refractivity contribution < 1.29 is 14.3 Å². The monoisotopic (exact) mass is 274 g/mol. The zero-order valence-corrected chi connectivity index (χ0v) is 13.9. The summed E-state index contributed by atoms with van der Waals surface area (Å²) in [7, 11) is -1.86. The molecule has 0 aromatic heterocycles. The molecule has 1 heterocycles. The molecule has 3 atom stereocenters. The molecule has 1 fully saturated rings. The molecule has 0 amide bonds. The van der Waals surface area contributed by atoms with Crippen molar-refractivity contribution >= 4 is 8.32 Å². The normalized spacial score (nSPS) is 29.8. The lowest BCUT2D eigenvalue weighted by molar-refractivity contribution is -0.0788. The van der Waals surface area contributed by atoms with Crippen LogP contribution in [-0.4, -0.2) is 32.4 Å². The molecule has 1 unspecified atom stereocenters. The fraction of sp³-hybridized carbons (Fsp3) is 1.00. The number of hydrogen-bond donors (Lipinski definition) is 1. The maximum atomic E-state index is 9.69. The fourth-order valence-electron chi connectivity index (χ4n) is 3.49. The third-order valence-corrected chi connectivity index (χ3v) is 10.7. The third kappa shape index (κ3) is 2.82. The first kappa shape index (κ1) is 16.2. The standard InChI is InChI=1S/C14H30O3Si/c1-9(2)18(10(3)4,11(5)6)17-13-8-16-14(15)12(13)7/h9-15H,8H2,1-7H3/t12-,13+,14?/m0/s1. The van der Waals surface area contributed by atoms with E-state index in [1.165, 1.54) is 0 Å². The van der Waals surface area contributed by atoms with Gasteiger partial charge in [0.25, 0.3) is 0 Å². The van der Waals surface area contributed by atoms with E-state index in [4.69, 9.17) is 9.16 Å². The fourth-order valence-corrected chi connectivity index (χ4v) is 9.12. The quantitative estimate of drug-likeness (QED) is 0.779.